The number of pyridine rings is 1. The molecule has 1 aliphatic heterocycles. The van der Waals surface area contributed by atoms with Gasteiger partial charge in [0.05, 0.1) is 5.60 Å². The second kappa shape index (κ2) is 5.66. The third-order valence-corrected chi connectivity index (χ3v) is 5.35. The summed E-state index contributed by atoms with van der Waals surface area (Å²) in [5.74, 6) is -0.925. The van der Waals surface area contributed by atoms with E-state index >= 15 is 0 Å². The Labute approximate surface area is 132 Å². The van der Waals surface area contributed by atoms with Crippen LogP contribution in [0.4, 0.5) is 0 Å². The maximum atomic E-state index is 10.9. The number of aromatic nitrogens is 1. The molecule has 2 fully saturated rings. The van der Waals surface area contributed by atoms with Crippen molar-refractivity contribution in [1.29, 1.82) is 0 Å². The number of halogens is 1. The molecule has 0 bridgehead atoms. The van der Waals surface area contributed by atoms with Gasteiger partial charge in [-0.1, -0.05) is 0 Å². The van der Waals surface area contributed by atoms with Crippen LogP contribution in [0.1, 0.15) is 31.2 Å². The maximum Gasteiger partial charge on any atom is 0.329 e. The van der Waals surface area contributed by atoms with E-state index < -0.39 is 11.6 Å². The minimum atomic E-state index is -0.925. The molecule has 5 nitrogen and oxygen atoms in total. The largest absolute Gasteiger partial charge is 0.480 e. The smallest absolute Gasteiger partial charge is 0.329 e. The first kappa shape index (κ1) is 14.9. The van der Waals surface area contributed by atoms with Gasteiger partial charge in [-0.05, 0) is 66.2 Å². The Balaban J connectivity index is 1.84. The Bertz CT molecular complexity index is 535. The van der Waals surface area contributed by atoms with Gasteiger partial charge in [0, 0.05) is 22.4 Å². The Hall–Kier alpha value is -0.980. The zero-order valence-corrected chi connectivity index (χ0v) is 13.4. The van der Waals surface area contributed by atoms with E-state index in [1.54, 1.807) is 12.4 Å². The molecule has 0 radical (unpaired) electrons. The summed E-state index contributed by atoms with van der Waals surface area (Å²) in [7, 11) is 0. The van der Waals surface area contributed by atoms with Crippen molar-refractivity contribution in [2.24, 2.45) is 5.41 Å². The minimum Gasteiger partial charge on any atom is -0.480 e. The Morgan fingerprint density at radius 1 is 1.43 bits per heavy atom. The maximum absolute atomic E-state index is 10.9. The van der Waals surface area contributed by atoms with Gasteiger partial charge in [-0.15, -0.1) is 0 Å². The molecule has 1 aromatic heterocycles. The van der Waals surface area contributed by atoms with Gasteiger partial charge in [0.15, 0.2) is 0 Å². The van der Waals surface area contributed by atoms with Crippen molar-refractivity contribution in [3.63, 3.8) is 0 Å². The molecular weight excluding hydrogens is 336 g/mol. The molecule has 6 heteroatoms. The SMILES string of the molecule is O=C(O)COC1(c2ccncc2Br)CC2(CCNCC2)C1. The summed E-state index contributed by atoms with van der Waals surface area (Å²) in [5.41, 5.74) is 0.826. The highest BCUT2D eigenvalue weighted by atomic mass is 79.9. The molecular formula is C15H19BrN2O3. The van der Waals surface area contributed by atoms with Gasteiger partial charge >= 0.3 is 5.97 Å². The van der Waals surface area contributed by atoms with Crippen LogP contribution in [0.5, 0.6) is 0 Å². The van der Waals surface area contributed by atoms with E-state index in [1.807, 2.05) is 6.07 Å². The highest BCUT2D eigenvalue weighted by Crippen LogP contribution is 2.61. The van der Waals surface area contributed by atoms with Crippen LogP contribution in [0.25, 0.3) is 0 Å². The van der Waals surface area contributed by atoms with E-state index in [-0.39, 0.29) is 6.61 Å². The number of carboxylic acid groups (broad SMARTS) is 1. The number of hydrogen-bond donors (Lipinski definition) is 2. The fourth-order valence-corrected chi connectivity index (χ4v) is 4.40. The Morgan fingerprint density at radius 3 is 2.76 bits per heavy atom. The van der Waals surface area contributed by atoms with Crippen molar-refractivity contribution in [3.8, 4) is 0 Å². The summed E-state index contributed by atoms with van der Waals surface area (Å²) in [6.45, 7) is 1.81. The number of nitrogens with one attached hydrogen (secondary N) is 1. The first-order valence-electron chi connectivity index (χ1n) is 7.22. The molecule has 2 N–H and O–H groups in total. The number of carbonyl (C=O) groups is 1. The quantitative estimate of drug-likeness (QED) is 0.867. The summed E-state index contributed by atoms with van der Waals surface area (Å²) in [6, 6.07) is 1.93. The summed E-state index contributed by atoms with van der Waals surface area (Å²) in [5, 5.41) is 12.3. The van der Waals surface area contributed by atoms with Crippen molar-refractivity contribution in [2.45, 2.75) is 31.3 Å². The average molecular weight is 355 g/mol. The molecule has 1 spiro atoms. The predicted octanol–water partition coefficient (Wildman–Crippen LogP) is 2.30. The van der Waals surface area contributed by atoms with Gasteiger partial charge in [0.2, 0.25) is 0 Å². The first-order chi connectivity index (χ1) is 10.1. The van der Waals surface area contributed by atoms with Crippen LogP contribution in [0.2, 0.25) is 0 Å². The highest BCUT2D eigenvalue weighted by molar-refractivity contribution is 9.10. The van der Waals surface area contributed by atoms with Gasteiger partial charge in [0.1, 0.15) is 6.61 Å². The lowest BCUT2D eigenvalue weighted by atomic mass is 9.53. The van der Waals surface area contributed by atoms with Crippen LogP contribution >= 0.6 is 15.9 Å². The molecule has 0 atom stereocenters. The number of piperidine rings is 1. The Kier molecular flexibility index (Phi) is 4.03. The summed E-state index contributed by atoms with van der Waals surface area (Å²) >= 11 is 3.52. The minimum absolute atomic E-state index is 0.261. The zero-order chi connectivity index (χ0) is 14.9. The lowest BCUT2D eigenvalue weighted by molar-refractivity contribution is -0.195. The normalized spacial score (nSPS) is 22.7. The lowest BCUT2D eigenvalue weighted by Gasteiger charge is -2.58. The summed E-state index contributed by atoms with van der Waals surface area (Å²) in [4.78, 5) is 15.0. The van der Waals surface area contributed by atoms with Crippen LogP contribution in [0.3, 0.4) is 0 Å². The number of carboxylic acids is 1. The van der Waals surface area contributed by atoms with E-state index in [4.69, 9.17) is 9.84 Å². The van der Waals surface area contributed by atoms with Crippen molar-refractivity contribution < 1.29 is 14.6 Å². The lowest BCUT2D eigenvalue weighted by Crippen LogP contribution is -2.55. The van der Waals surface area contributed by atoms with Crippen LogP contribution in [-0.2, 0) is 15.1 Å². The second-order valence-corrected chi connectivity index (χ2v) is 6.99. The molecule has 3 rings (SSSR count). The number of ether oxygens (including phenoxy) is 1. The van der Waals surface area contributed by atoms with E-state index in [0.717, 1.165) is 48.8 Å². The number of nitrogens with zero attached hydrogens (tertiary/aromatic N) is 1. The molecule has 0 amide bonds. The van der Waals surface area contributed by atoms with Crippen molar-refractivity contribution in [3.05, 3.63) is 28.5 Å². The van der Waals surface area contributed by atoms with E-state index in [1.165, 1.54) is 0 Å². The zero-order valence-electron chi connectivity index (χ0n) is 11.8. The molecule has 114 valence electrons. The highest BCUT2D eigenvalue weighted by Gasteiger charge is 2.57. The fourth-order valence-electron chi connectivity index (χ4n) is 3.79. The molecule has 0 unspecified atom stereocenters. The van der Waals surface area contributed by atoms with Gasteiger partial charge in [-0.2, -0.15) is 0 Å². The van der Waals surface area contributed by atoms with Crippen LogP contribution in [-0.4, -0.2) is 35.8 Å². The summed E-state index contributed by atoms with van der Waals surface area (Å²) < 4.78 is 6.73. The molecule has 2 heterocycles. The third kappa shape index (κ3) is 2.84. The Morgan fingerprint density at radius 2 is 2.14 bits per heavy atom. The van der Waals surface area contributed by atoms with Crippen molar-refractivity contribution >= 4 is 21.9 Å². The van der Waals surface area contributed by atoms with Crippen molar-refractivity contribution in [2.75, 3.05) is 19.7 Å². The second-order valence-electron chi connectivity index (χ2n) is 6.14. The van der Waals surface area contributed by atoms with Gasteiger partial charge in [-0.3, -0.25) is 4.98 Å². The number of aliphatic carboxylic acids is 1. The van der Waals surface area contributed by atoms with Crippen LogP contribution in [0.15, 0.2) is 22.9 Å². The number of hydrogen-bond acceptors (Lipinski definition) is 4. The fraction of sp³-hybridized carbons (Fsp3) is 0.600. The molecule has 1 saturated heterocycles. The number of rotatable bonds is 4. The molecule has 1 aromatic rings. The molecule has 21 heavy (non-hydrogen) atoms. The topological polar surface area (TPSA) is 71.5 Å². The standard InChI is InChI=1S/C15H19BrN2O3/c16-12-7-18-4-1-11(12)15(21-8-13(19)20)9-14(10-15)2-5-17-6-3-14/h1,4,7,17H,2-3,5-6,8-10H2,(H,19,20). The first-order valence-corrected chi connectivity index (χ1v) is 8.01. The molecule has 2 aliphatic rings. The monoisotopic (exact) mass is 354 g/mol. The van der Waals surface area contributed by atoms with Crippen LogP contribution < -0.4 is 5.32 Å². The third-order valence-electron chi connectivity index (χ3n) is 4.72. The average Bonchev–Trinajstić information content (AvgIpc) is 2.44. The van der Waals surface area contributed by atoms with E-state index in [2.05, 4.69) is 26.2 Å². The van der Waals surface area contributed by atoms with Gasteiger partial charge in [-0.25, -0.2) is 4.79 Å². The van der Waals surface area contributed by atoms with Gasteiger partial charge < -0.3 is 15.2 Å². The molecule has 1 aliphatic carbocycles. The van der Waals surface area contributed by atoms with Gasteiger partial charge in [0.25, 0.3) is 0 Å². The van der Waals surface area contributed by atoms with Crippen molar-refractivity contribution in [1.82, 2.24) is 10.3 Å². The van der Waals surface area contributed by atoms with E-state index in [0.29, 0.717) is 5.41 Å². The molecule has 1 saturated carbocycles. The molecule has 0 aromatic carbocycles. The van der Waals surface area contributed by atoms with E-state index in [9.17, 15) is 4.79 Å². The predicted molar refractivity (Wildman–Crippen MR) is 81.0 cm³/mol. The van der Waals surface area contributed by atoms with Crippen LogP contribution in [0, 0.1) is 5.41 Å². The summed E-state index contributed by atoms with van der Waals surface area (Å²) in [6.07, 6.45) is 7.52.